The van der Waals surface area contributed by atoms with E-state index in [9.17, 15) is 0 Å². The number of rotatable bonds is 3. The predicted molar refractivity (Wildman–Crippen MR) is 180 cm³/mol. The molecular weight excluding hydrogens is 492 g/mol. The van der Waals surface area contributed by atoms with Gasteiger partial charge in [-0.2, -0.15) is 0 Å². The lowest BCUT2D eigenvalue weighted by atomic mass is 9.72. The molecule has 0 amide bonds. The lowest BCUT2D eigenvalue weighted by molar-refractivity contribution is 0.488. The van der Waals surface area contributed by atoms with Crippen LogP contribution in [0.25, 0.3) is 54.6 Å². The Kier molecular flexibility index (Phi) is 5.56. The lowest BCUT2D eigenvalue weighted by Crippen LogP contribution is -2.24. The van der Waals surface area contributed by atoms with Crippen molar-refractivity contribution in [3.8, 4) is 22.3 Å². The van der Waals surface area contributed by atoms with Crippen molar-refractivity contribution in [2.45, 2.75) is 84.5 Å². The van der Waals surface area contributed by atoms with Gasteiger partial charge in [0.25, 0.3) is 0 Å². The van der Waals surface area contributed by atoms with Crippen molar-refractivity contribution in [2.24, 2.45) is 0 Å². The predicted octanol–water partition coefficient (Wildman–Crippen LogP) is 11.9. The van der Waals surface area contributed by atoms with Gasteiger partial charge in [-0.15, -0.1) is 0 Å². The summed E-state index contributed by atoms with van der Waals surface area (Å²) in [5.74, 6) is 0. The van der Waals surface area contributed by atoms with E-state index in [2.05, 4.69) is 140 Å². The molecule has 7 rings (SSSR count). The minimum atomic E-state index is 0.0507. The van der Waals surface area contributed by atoms with E-state index < -0.39 is 0 Å². The maximum atomic E-state index is 2.53. The van der Waals surface area contributed by atoms with Crippen LogP contribution in [0.3, 0.4) is 0 Å². The first-order valence-corrected chi connectivity index (χ1v) is 15.5. The van der Waals surface area contributed by atoms with E-state index >= 15 is 0 Å². The van der Waals surface area contributed by atoms with Crippen LogP contribution >= 0.6 is 0 Å². The molecule has 0 spiro atoms. The van der Waals surface area contributed by atoms with Crippen LogP contribution in [-0.2, 0) is 16.2 Å². The summed E-state index contributed by atoms with van der Waals surface area (Å²) in [6.07, 6.45) is 2.21. The summed E-state index contributed by atoms with van der Waals surface area (Å²) in [5, 5.41) is 8.16. The van der Waals surface area contributed by atoms with E-state index in [0.717, 1.165) is 12.8 Å². The normalized spacial score (nSPS) is 14.7. The van der Waals surface area contributed by atoms with Gasteiger partial charge >= 0.3 is 0 Å². The largest absolute Gasteiger partial charge is 0.0642 e. The second-order valence-electron chi connectivity index (χ2n) is 14.5. The molecule has 0 saturated carbocycles. The molecule has 0 atom stereocenters. The highest BCUT2D eigenvalue weighted by Gasteiger charge is 2.41. The van der Waals surface area contributed by atoms with E-state index in [1.54, 1.807) is 0 Å². The van der Waals surface area contributed by atoms with Crippen molar-refractivity contribution in [3.05, 3.63) is 107 Å². The Bertz CT molecular complexity index is 1950. The Morgan fingerprint density at radius 2 is 1.02 bits per heavy atom. The lowest BCUT2D eigenvalue weighted by Gasteiger charge is -2.31. The summed E-state index contributed by atoms with van der Waals surface area (Å²) >= 11 is 0. The van der Waals surface area contributed by atoms with Crippen LogP contribution < -0.4 is 0 Å². The minimum absolute atomic E-state index is 0.0507. The average Bonchev–Trinajstić information content (AvgIpc) is 3.23. The standard InChI is InChI=1S/C41H42/c1-9-41(10-2)35-23-26(14-18-32(35)33-20-16-29(24-36(33)41)39(3,4)5)31-17-13-25-11-12-27-21-30(40(6,7)8)22-28-15-19-34(31)38(25)37(27)28/h11-24H,9-10H2,1-8H3. The third kappa shape index (κ3) is 3.72. The van der Waals surface area contributed by atoms with Gasteiger partial charge in [0.15, 0.2) is 0 Å². The van der Waals surface area contributed by atoms with Crippen molar-refractivity contribution in [3.63, 3.8) is 0 Å². The number of fused-ring (bicyclic) bond motifs is 3. The quantitative estimate of drug-likeness (QED) is 0.198. The van der Waals surface area contributed by atoms with Crippen molar-refractivity contribution >= 4 is 32.3 Å². The summed E-state index contributed by atoms with van der Waals surface area (Å²) in [7, 11) is 0. The third-order valence-corrected chi connectivity index (χ3v) is 10.2. The summed E-state index contributed by atoms with van der Waals surface area (Å²) in [6.45, 7) is 18.6. The zero-order chi connectivity index (χ0) is 28.9. The fraction of sp³-hybridized carbons (Fsp3) is 0.317. The Morgan fingerprint density at radius 1 is 0.488 bits per heavy atom. The van der Waals surface area contributed by atoms with E-state index in [-0.39, 0.29) is 16.2 Å². The molecule has 1 aliphatic carbocycles. The van der Waals surface area contributed by atoms with E-state index in [1.807, 2.05) is 0 Å². The van der Waals surface area contributed by atoms with Crippen LogP contribution in [0, 0.1) is 0 Å². The first-order valence-electron chi connectivity index (χ1n) is 15.5. The number of hydrogen-bond acceptors (Lipinski definition) is 0. The monoisotopic (exact) mass is 534 g/mol. The molecule has 41 heavy (non-hydrogen) atoms. The second-order valence-corrected chi connectivity index (χ2v) is 14.5. The highest BCUT2D eigenvalue weighted by atomic mass is 14.4. The Morgan fingerprint density at radius 3 is 1.66 bits per heavy atom. The molecule has 0 heterocycles. The van der Waals surface area contributed by atoms with Crippen LogP contribution in [0.5, 0.6) is 0 Å². The van der Waals surface area contributed by atoms with Gasteiger partial charge in [0.1, 0.15) is 0 Å². The van der Waals surface area contributed by atoms with Gasteiger partial charge in [0.2, 0.25) is 0 Å². The van der Waals surface area contributed by atoms with E-state index in [0.29, 0.717) is 0 Å². The molecule has 6 aromatic carbocycles. The topological polar surface area (TPSA) is 0 Å². The zero-order valence-corrected chi connectivity index (χ0v) is 26.0. The average molecular weight is 535 g/mol. The molecule has 0 saturated heterocycles. The summed E-state index contributed by atoms with van der Waals surface area (Å²) in [4.78, 5) is 0. The molecule has 0 fully saturated rings. The number of benzene rings is 6. The molecule has 0 unspecified atom stereocenters. The highest BCUT2D eigenvalue weighted by Crippen LogP contribution is 2.54. The molecule has 0 radical (unpaired) electrons. The Balaban J connectivity index is 1.45. The summed E-state index contributed by atoms with van der Waals surface area (Å²) < 4.78 is 0. The van der Waals surface area contributed by atoms with Crippen molar-refractivity contribution in [1.29, 1.82) is 0 Å². The van der Waals surface area contributed by atoms with Crippen LogP contribution in [-0.4, -0.2) is 0 Å². The molecule has 6 aromatic rings. The minimum Gasteiger partial charge on any atom is -0.0642 e. The van der Waals surface area contributed by atoms with Crippen molar-refractivity contribution < 1.29 is 0 Å². The first-order chi connectivity index (χ1) is 19.5. The van der Waals surface area contributed by atoms with Crippen LogP contribution in [0.1, 0.15) is 90.5 Å². The third-order valence-electron chi connectivity index (χ3n) is 10.2. The SMILES string of the molecule is CCC1(CC)c2cc(-c3ccc4ccc5cc(C(C)(C)C)cc6ccc3c4c56)ccc2-c2ccc(C(C)(C)C)cc21. The zero-order valence-electron chi connectivity index (χ0n) is 26.0. The van der Waals surface area contributed by atoms with Gasteiger partial charge in [-0.25, -0.2) is 0 Å². The van der Waals surface area contributed by atoms with Crippen LogP contribution in [0.15, 0.2) is 84.9 Å². The van der Waals surface area contributed by atoms with Crippen LogP contribution in [0.2, 0.25) is 0 Å². The summed E-state index contributed by atoms with van der Waals surface area (Å²) in [6, 6.07) is 33.4. The fourth-order valence-corrected chi connectivity index (χ4v) is 7.65. The van der Waals surface area contributed by atoms with E-state index in [1.165, 1.54) is 76.8 Å². The molecule has 0 nitrogen and oxygen atoms in total. The molecular formula is C41H42. The van der Waals surface area contributed by atoms with Gasteiger partial charge in [-0.1, -0.05) is 134 Å². The summed E-state index contributed by atoms with van der Waals surface area (Å²) in [5.41, 5.74) is 11.7. The van der Waals surface area contributed by atoms with Gasteiger partial charge in [0.05, 0.1) is 0 Å². The maximum Gasteiger partial charge on any atom is 0.0210 e. The van der Waals surface area contributed by atoms with E-state index in [4.69, 9.17) is 0 Å². The maximum absolute atomic E-state index is 2.53. The highest BCUT2D eigenvalue weighted by molar-refractivity contribution is 6.25. The molecule has 0 aliphatic heterocycles. The van der Waals surface area contributed by atoms with Gasteiger partial charge in [-0.05, 0) is 107 Å². The first kappa shape index (κ1) is 26.3. The van der Waals surface area contributed by atoms with Crippen LogP contribution in [0.4, 0.5) is 0 Å². The molecule has 0 aromatic heterocycles. The smallest absolute Gasteiger partial charge is 0.0210 e. The molecule has 0 bridgehead atoms. The second kappa shape index (κ2) is 8.68. The molecule has 0 N–H and O–H groups in total. The fourth-order valence-electron chi connectivity index (χ4n) is 7.65. The van der Waals surface area contributed by atoms with Gasteiger partial charge < -0.3 is 0 Å². The Labute approximate surface area is 245 Å². The Hall–Kier alpha value is -3.64. The molecule has 0 heteroatoms. The van der Waals surface area contributed by atoms with Crippen molar-refractivity contribution in [2.75, 3.05) is 0 Å². The van der Waals surface area contributed by atoms with Crippen molar-refractivity contribution in [1.82, 2.24) is 0 Å². The van der Waals surface area contributed by atoms with Gasteiger partial charge in [-0.3, -0.25) is 0 Å². The van der Waals surface area contributed by atoms with Gasteiger partial charge in [0, 0.05) is 5.41 Å². The number of hydrogen-bond donors (Lipinski definition) is 0. The molecule has 206 valence electrons. The molecule has 1 aliphatic rings.